The maximum absolute atomic E-state index is 11.7. The van der Waals surface area contributed by atoms with Crippen LogP contribution in [0.5, 0.6) is 0 Å². The number of nitrogens with zero attached hydrogens (tertiary/aromatic N) is 3. The minimum atomic E-state index is -1.29. The van der Waals surface area contributed by atoms with Gasteiger partial charge in [0.25, 0.3) is 5.91 Å². The van der Waals surface area contributed by atoms with Crippen LogP contribution in [0.1, 0.15) is 11.4 Å². The quantitative estimate of drug-likeness (QED) is 0.521. The zero-order chi connectivity index (χ0) is 14.4. The third kappa shape index (κ3) is 3.84. The fraction of sp³-hybridized carbons (Fsp3) is 0.333. The van der Waals surface area contributed by atoms with Gasteiger partial charge in [-0.1, -0.05) is 35.5 Å². The molecule has 0 saturated heterocycles. The van der Waals surface area contributed by atoms with Gasteiger partial charge in [0.2, 0.25) is 0 Å². The Balaban J connectivity index is 1.83. The first-order chi connectivity index (χ1) is 9.66. The number of aromatic nitrogens is 4. The summed E-state index contributed by atoms with van der Waals surface area (Å²) in [6.45, 7) is 0.0877. The lowest BCUT2D eigenvalue weighted by Crippen LogP contribution is -2.47. The Morgan fingerprint density at radius 2 is 2.15 bits per heavy atom. The van der Waals surface area contributed by atoms with Crippen LogP contribution in [0.4, 0.5) is 0 Å². The molecule has 0 fully saturated rings. The molecule has 1 heterocycles. The van der Waals surface area contributed by atoms with E-state index in [9.17, 15) is 9.90 Å². The molecule has 2 atom stereocenters. The van der Waals surface area contributed by atoms with Crippen molar-refractivity contribution in [3.63, 3.8) is 0 Å². The number of aliphatic hydroxyl groups is 1. The summed E-state index contributed by atoms with van der Waals surface area (Å²) < 4.78 is 0. The number of hydrogen-bond donors (Lipinski definition) is 4. The van der Waals surface area contributed by atoms with E-state index in [0.717, 1.165) is 5.56 Å². The first-order valence-electron chi connectivity index (χ1n) is 6.14. The molecular formula is C12H16N6O2. The van der Waals surface area contributed by atoms with Crippen LogP contribution in [-0.4, -0.2) is 43.8 Å². The molecule has 5 N–H and O–H groups in total. The topological polar surface area (TPSA) is 130 Å². The molecular weight excluding hydrogens is 260 g/mol. The van der Waals surface area contributed by atoms with Crippen molar-refractivity contribution in [1.82, 2.24) is 25.9 Å². The van der Waals surface area contributed by atoms with Gasteiger partial charge in [-0.2, -0.15) is 5.21 Å². The molecule has 0 aliphatic rings. The van der Waals surface area contributed by atoms with Gasteiger partial charge in [0, 0.05) is 6.04 Å². The fourth-order valence-electron chi connectivity index (χ4n) is 1.72. The Bertz CT molecular complexity index is 530. The van der Waals surface area contributed by atoms with Crippen molar-refractivity contribution < 1.29 is 9.90 Å². The van der Waals surface area contributed by atoms with E-state index in [2.05, 4.69) is 25.9 Å². The van der Waals surface area contributed by atoms with Gasteiger partial charge in [0.15, 0.2) is 5.82 Å². The molecule has 1 aromatic carbocycles. The summed E-state index contributed by atoms with van der Waals surface area (Å²) in [7, 11) is 0. The summed E-state index contributed by atoms with van der Waals surface area (Å²) in [6.07, 6.45) is -0.875. The van der Waals surface area contributed by atoms with Crippen molar-refractivity contribution in [2.45, 2.75) is 25.1 Å². The zero-order valence-electron chi connectivity index (χ0n) is 10.7. The van der Waals surface area contributed by atoms with Gasteiger partial charge in [0.05, 0.1) is 6.54 Å². The van der Waals surface area contributed by atoms with Gasteiger partial charge in [0.1, 0.15) is 6.10 Å². The number of rotatable bonds is 6. The number of aromatic amines is 1. The van der Waals surface area contributed by atoms with E-state index in [1.54, 1.807) is 0 Å². The van der Waals surface area contributed by atoms with Gasteiger partial charge in [-0.15, -0.1) is 10.2 Å². The zero-order valence-corrected chi connectivity index (χ0v) is 10.7. The van der Waals surface area contributed by atoms with E-state index in [0.29, 0.717) is 12.2 Å². The Morgan fingerprint density at radius 3 is 2.80 bits per heavy atom. The highest BCUT2D eigenvalue weighted by Crippen LogP contribution is 2.04. The largest absolute Gasteiger partial charge is 0.382 e. The Morgan fingerprint density at radius 1 is 1.40 bits per heavy atom. The van der Waals surface area contributed by atoms with Crippen LogP contribution in [0.3, 0.4) is 0 Å². The minimum absolute atomic E-state index is 0.0877. The molecule has 106 valence electrons. The van der Waals surface area contributed by atoms with Crippen molar-refractivity contribution in [3.8, 4) is 0 Å². The van der Waals surface area contributed by atoms with E-state index in [-0.39, 0.29) is 6.54 Å². The van der Waals surface area contributed by atoms with E-state index >= 15 is 0 Å². The summed E-state index contributed by atoms with van der Waals surface area (Å²) >= 11 is 0. The lowest BCUT2D eigenvalue weighted by atomic mass is 10.0. The monoisotopic (exact) mass is 276 g/mol. The van der Waals surface area contributed by atoms with E-state index < -0.39 is 18.1 Å². The van der Waals surface area contributed by atoms with Crippen molar-refractivity contribution in [2.75, 3.05) is 0 Å². The molecule has 0 saturated carbocycles. The normalized spacial score (nSPS) is 13.7. The number of hydrogen-bond acceptors (Lipinski definition) is 6. The van der Waals surface area contributed by atoms with Crippen LogP contribution in [-0.2, 0) is 17.8 Å². The number of nitrogens with two attached hydrogens (primary N) is 1. The average Bonchev–Trinajstić information content (AvgIpc) is 2.98. The number of amides is 1. The number of carbonyl (C=O) groups is 1. The van der Waals surface area contributed by atoms with Crippen LogP contribution >= 0.6 is 0 Å². The van der Waals surface area contributed by atoms with Crippen LogP contribution in [0.15, 0.2) is 30.3 Å². The average molecular weight is 276 g/mol. The second kappa shape index (κ2) is 6.73. The third-order valence-electron chi connectivity index (χ3n) is 2.80. The lowest BCUT2D eigenvalue weighted by molar-refractivity contribution is -0.130. The predicted molar refractivity (Wildman–Crippen MR) is 70.2 cm³/mol. The van der Waals surface area contributed by atoms with Crippen molar-refractivity contribution in [1.29, 1.82) is 0 Å². The molecule has 8 nitrogen and oxygen atoms in total. The first-order valence-corrected chi connectivity index (χ1v) is 6.14. The van der Waals surface area contributed by atoms with Crippen LogP contribution < -0.4 is 11.1 Å². The molecule has 0 radical (unpaired) electrons. The van der Waals surface area contributed by atoms with Crippen LogP contribution in [0.2, 0.25) is 0 Å². The van der Waals surface area contributed by atoms with Gasteiger partial charge in [-0.25, -0.2) is 0 Å². The number of benzene rings is 1. The summed E-state index contributed by atoms with van der Waals surface area (Å²) in [5.41, 5.74) is 6.80. The molecule has 8 heteroatoms. The summed E-state index contributed by atoms with van der Waals surface area (Å²) in [5.74, 6) is -0.222. The van der Waals surface area contributed by atoms with Crippen LogP contribution in [0, 0.1) is 0 Å². The van der Waals surface area contributed by atoms with E-state index in [1.165, 1.54) is 0 Å². The molecule has 0 spiro atoms. The fourth-order valence-corrected chi connectivity index (χ4v) is 1.72. The van der Waals surface area contributed by atoms with Crippen molar-refractivity contribution in [2.24, 2.45) is 5.73 Å². The molecule has 0 bridgehead atoms. The predicted octanol–water partition coefficient (Wildman–Crippen LogP) is -1.25. The first kappa shape index (κ1) is 14.1. The number of tetrazole rings is 1. The highest BCUT2D eigenvalue weighted by molar-refractivity contribution is 5.81. The minimum Gasteiger partial charge on any atom is -0.382 e. The molecule has 0 unspecified atom stereocenters. The highest BCUT2D eigenvalue weighted by atomic mass is 16.3. The van der Waals surface area contributed by atoms with E-state index in [1.807, 2.05) is 30.3 Å². The van der Waals surface area contributed by atoms with Gasteiger partial charge < -0.3 is 16.2 Å². The number of H-pyrrole nitrogens is 1. The molecule has 1 aromatic heterocycles. The smallest absolute Gasteiger partial charge is 0.250 e. The Kier molecular flexibility index (Phi) is 4.75. The summed E-state index contributed by atoms with van der Waals surface area (Å²) in [6, 6.07) is 8.76. The second-order valence-corrected chi connectivity index (χ2v) is 4.34. The summed E-state index contributed by atoms with van der Waals surface area (Å²) in [4.78, 5) is 11.7. The Labute approximate surface area is 115 Å². The van der Waals surface area contributed by atoms with Crippen molar-refractivity contribution >= 4 is 5.91 Å². The van der Waals surface area contributed by atoms with Gasteiger partial charge in [-0.05, 0) is 12.0 Å². The highest BCUT2D eigenvalue weighted by Gasteiger charge is 2.23. The van der Waals surface area contributed by atoms with E-state index in [4.69, 9.17) is 5.73 Å². The van der Waals surface area contributed by atoms with Gasteiger partial charge in [-0.3, -0.25) is 4.79 Å². The SMILES string of the molecule is N[C@H](Cc1ccccc1)[C@H](O)C(=O)NCc1nn[nH]n1. The lowest BCUT2D eigenvalue weighted by Gasteiger charge is -2.18. The number of nitrogens with one attached hydrogen (secondary N) is 2. The number of aliphatic hydroxyl groups excluding tert-OH is 1. The Hall–Kier alpha value is -2.32. The van der Waals surface area contributed by atoms with Crippen molar-refractivity contribution in [3.05, 3.63) is 41.7 Å². The molecule has 2 aromatic rings. The molecule has 20 heavy (non-hydrogen) atoms. The standard InChI is InChI=1S/C12H16N6O2/c13-9(6-8-4-2-1-3-5-8)11(19)12(20)14-7-10-15-17-18-16-10/h1-5,9,11,19H,6-7,13H2,(H,14,20)(H,15,16,17,18)/t9-,11+/m1/s1. The van der Waals surface area contributed by atoms with Gasteiger partial charge >= 0.3 is 0 Å². The number of carbonyl (C=O) groups excluding carboxylic acids is 1. The molecule has 1 amide bonds. The second-order valence-electron chi connectivity index (χ2n) is 4.34. The summed E-state index contributed by atoms with van der Waals surface area (Å²) in [5, 5.41) is 25.4. The molecule has 0 aliphatic carbocycles. The molecule has 0 aliphatic heterocycles. The van der Waals surface area contributed by atoms with Crippen LogP contribution in [0.25, 0.3) is 0 Å². The maximum Gasteiger partial charge on any atom is 0.250 e. The third-order valence-corrected chi connectivity index (χ3v) is 2.80. The maximum atomic E-state index is 11.7. The molecule has 2 rings (SSSR count).